The van der Waals surface area contributed by atoms with E-state index in [1.54, 1.807) is 0 Å². The molecule has 1 N–H and O–H groups in total. The molecule has 0 spiro atoms. The average Bonchev–Trinajstić information content (AvgIpc) is 2.79. The SMILES string of the molecule is CCCOCC1(CO)c2ccccc2-c2ccccc21. The van der Waals surface area contributed by atoms with Crippen molar-refractivity contribution >= 4 is 0 Å². The molecule has 0 aliphatic heterocycles. The molecule has 0 aromatic heterocycles. The molecule has 0 fully saturated rings. The van der Waals surface area contributed by atoms with E-state index in [1.807, 2.05) is 12.1 Å². The van der Waals surface area contributed by atoms with Crippen molar-refractivity contribution in [3.05, 3.63) is 59.7 Å². The molecule has 104 valence electrons. The lowest BCUT2D eigenvalue weighted by atomic mass is 9.79. The third kappa shape index (κ3) is 1.88. The number of ether oxygens (including phenoxy) is 1. The van der Waals surface area contributed by atoms with Crippen molar-refractivity contribution < 1.29 is 9.84 Å². The van der Waals surface area contributed by atoms with Crippen LogP contribution in [0.25, 0.3) is 11.1 Å². The molecular weight excluding hydrogens is 248 g/mol. The molecule has 0 atom stereocenters. The highest BCUT2D eigenvalue weighted by Crippen LogP contribution is 2.48. The second-order valence-corrected chi connectivity index (χ2v) is 5.38. The molecule has 3 rings (SSSR count). The summed E-state index contributed by atoms with van der Waals surface area (Å²) < 4.78 is 5.81. The van der Waals surface area contributed by atoms with Crippen LogP contribution in [0.2, 0.25) is 0 Å². The van der Waals surface area contributed by atoms with E-state index in [0.29, 0.717) is 6.61 Å². The Morgan fingerprint density at radius 3 is 2.00 bits per heavy atom. The number of hydrogen-bond acceptors (Lipinski definition) is 2. The zero-order valence-electron chi connectivity index (χ0n) is 11.8. The fraction of sp³-hybridized carbons (Fsp3) is 0.333. The van der Waals surface area contributed by atoms with Crippen molar-refractivity contribution in [3.63, 3.8) is 0 Å². The lowest BCUT2D eigenvalue weighted by Crippen LogP contribution is -2.35. The summed E-state index contributed by atoms with van der Waals surface area (Å²) in [5, 5.41) is 10.1. The van der Waals surface area contributed by atoms with Gasteiger partial charge in [0, 0.05) is 6.61 Å². The maximum absolute atomic E-state index is 10.1. The predicted octanol–water partition coefficient (Wildman–Crippen LogP) is 3.37. The zero-order valence-corrected chi connectivity index (χ0v) is 11.8. The third-order valence-corrected chi connectivity index (χ3v) is 4.14. The number of aliphatic hydroxyl groups excluding tert-OH is 1. The fourth-order valence-corrected chi connectivity index (χ4v) is 3.18. The molecule has 0 bridgehead atoms. The third-order valence-electron chi connectivity index (χ3n) is 4.14. The Bertz CT molecular complexity index is 558. The van der Waals surface area contributed by atoms with Crippen LogP contribution in [0.3, 0.4) is 0 Å². The second-order valence-electron chi connectivity index (χ2n) is 5.38. The quantitative estimate of drug-likeness (QED) is 0.842. The maximum Gasteiger partial charge on any atom is 0.0678 e. The number of aliphatic hydroxyl groups is 1. The smallest absolute Gasteiger partial charge is 0.0678 e. The first-order chi connectivity index (χ1) is 9.83. The minimum Gasteiger partial charge on any atom is -0.395 e. The van der Waals surface area contributed by atoms with Gasteiger partial charge in [0.15, 0.2) is 0 Å². The van der Waals surface area contributed by atoms with E-state index in [0.717, 1.165) is 13.0 Å². The topological polar surface area (TPSA) is 29.5 Å². The molecule has 2 aromatic rings. The Labute approximate surface area is 120 Å². The van der Waals surface area contributed by atoms with Gasteiger partial charge in [0.2, 0.25) is 0 Å². The van der Waals surface area contributed by atoms with Crippen LogP contribution in [0.1, 0.15) is 24.5 Å². The van der Waals surface area contributed by atoms with Crippen LogP contribution in [-0.4, -0.2) is 24.9 Å². The van der Waals surface area contributed by atoms with E-state index < -0.39 is 5.41 Å². The van der Waals surface area contributed by atoms with E-state index >= 15 is 0 Å². The molecular formula is C18H20O2. The summed E-state index contributed by atoms with van der Waals surface area (Å²) in [6.07, 6.45) is 0.991. The molecule has 0 amide bonds. The Morgan fingerprint density at radius 2 is 1.50 bits per heavy atom. The standard InChI is InChI=1S/C18H20O2/c1-2-11-20-13-18(12-19)16-9-5-3-7-14(16)15-8-4-6-10-17(15)18/h3-10,19H,2,11-13H2,1H3. The molecule has 2 aromatic carbocycles. The van der Waals surface area contributed by atoms with E-state index in [-0.39, 0.29) is 6.61 Å². The molecule has 1 aliphatic carbocycles. The van der Waals surface area contributed by atoms with Crippen molar-refractivity contribution in [2.45, 2.75) is 18.8 Å². The summed E-state index contributed by atoms with van der Waals surface area (Å²) in [6.45, 7) is 3.43. The first-order valence-electron chi connectivity index (χ1n) is 7.21. The van der Waals surface area contributed by atoms with Crippen molar-refractivity contribution in [2.24, 2.45) is 0 Å². The summed E-state index contributed by atoms with van der Waals surface area (Å²) in [5.41, 5.74) is 4.39. The fourth-order valence-electron chi connectivity index (χ4n) is 3.18. The highest BCUT2D eigenvalue weighted by molar-refractivity contribution is 5.81. The molecule has 0 heterocycles. The predicted molar refractivity (Wildman–Crippen MR) is 80.9 cm³/mol. The molecule has 0 unspecified atom stereocenters. The normalized spacial score (nSPS) is 14.9. The van der Waals surface area contributed by atoms with Gasteiger partial charge in [-0.1, -0.05) is 55.5 Å². The van der Waals surface area contributed by atoms with Crippen LogP contribution in [0.5, 0.6) is 0 Å². The minimum atomic E-state index is -0.414. The van der Waals surface area contributed by atoms with Crippen LogP contribution in [0.15, 0.2) is 48.5 Å². The van der Waals surface area contributed by atoms with Gasteiger partial charge in [-0.2, -0.15) is 0 Å². The highest BCUT2D eigenvalue weighted by atomic mass is 16.5. The molecule has 2 heteroatoms. The number of rotatable bonds is 5. The lowest BCUT2D eigenvalue weighted by molar-refractivity contribution is 0.0704. The van der Waals surface area contributed by atoms with Crippen molar-refractivity contribution in [3.8, 4) is 11.1 Å². The Balaban J connectivity index is 2.13. The van der Waals surface area contributed by atoms with Gasteiger partial charge in [0.25, 0.3) is 0 Å². The average molecular weight is 268 g/mol. The molecule has 1 aliphatic rings. The van der Waals surface area contributed by atoms with E-state index in [4.69, 9.17) is 4.74 Å². The first-order valence-corrected chi connectivity index (χ1v) is 7.21. The van der Waals surface area contributed by atoms with Gasteiger partial charge >= 0.3 is 0 Å². The van der Waals surface area contributed by atoms with Gasteiger partial charge < -0.3 is 9.84 Å². The van der Waals surface area contributed by atoms with Gasteiger partial charge in [-0.25, -0.2) is 0 Å². The highest BCUT2D eigenvalue weighted by Gasteiger charge is 2.42. The molecule has 2 nitrogen and oxygen atoms in total. The summed E-state index contributed by atoms with van der Waals surface area (Å²) >= 11 is 0. The first kappa shape index (κ1) is 13.3. The number of hydrogen-bond donors (Lipinski definition) is 1. The monoisotopic (exact) mass is 268 g/mol. The van der Waals surface area contributed by atoms with Crippen molar-refractivity contribution in [1.29, 1.82) is 0 Å². The van der Waals surface area contributed by atoms with E-state index in [2.05, 4.69) is 43.3 Å². The number of benzene rings is 2. The Morgan fingerprint density at radius 1 is 0.950 bits per heavy atom. The van der Waals surface area contributed by atoms with Crippen LogP contribution in [-0.2, 0) is 10.2 Å². The largest absolute Gasteiger partial charge is 0.395 e. The van der Waals surface area contributed by atoms with E-state index in [1.165, 1.54) is 22.3 Å². The summed E-state index contributed by atoms with van der Waals surface area (Å²) in [4.78, 5) is 0. The summed E-state index contributed by atoms with van der Waals surface area (Å²) in [7, 11) is 0. The van der Waals surface area contributed by atoms with Gasteiger partial charge in [-0.3, -0.25) is 0 Å². The van der Waals surface area contributed by atoms with Crippen LogP contribution in [0, 0.1) is 0 Å². The van der Waals surface area contributed by atoms with Crippen LogP contribution < -0.4 is 0 Å². The molecule has 0 saturated carbocycles. The van der Waals surface area contributed by atoms with Gasteiger partial charge in [0.05, 0.1) is 18.6 Å². The molecule has 20 heavy (non-hydrogen) atoms. The van der Waals surface area contributed by atoms with Crippen molar-refractivity contribution in [1.82, 2.24) is 0 Å². The second kappa shape index (κ2) is 5.39. The maximum atomic E-state index is 10.1. The van der Waals surface area contributed by atoms with Crippen LogP contribution in [0.4, 0.5) is 0 Å². The van der Waals surface area contributed by atoms with Crippen LogP contribution >= 0.6 is 0 Å². The van der Waals surface area contributed by atoms with Crippen molar-refractivity contribution in [2.75, 3.05) is 19.8 Å². The number of fused-ring (bicyclic) bond motifs is 3. The molecule has 0 radical (unpaired) electrons. The lowest BCUT2D eigenvalue weighted by Gasteiger charge is -2.29. The van der Waals surface area contributed by atoms with Gasteiger partial charge in [0.1, 0.15) is 0 Å². The molecule has 0 saturated heterocycles. The van der Waals surface area contributed by atoms with Gasteiger partial charge in [-0.15, -0.1) is 0 Å². The summed E-state index contributed by atoms with van der Waals surface area (Å²) in [6, 6.07) is 16.7. The Hall–Kier alpha value is -1.64. The summed E-state index contributed by atoms with van der Waals surface area (Å²) in [5.74, 6) is 0. The van der Waals surface area contributed by atoms with E-state index in [9.17, 15) is 5.11 Å². The zero-order chi connectivity index (χ0) is 14.0. The van der Waals surface area contributed by atoms with Gasteiger partial charge in [-0.05, 0) is 28.7 Å². The Kier molecular flexibility index (Phi) is 3.60. The minimum absolute atomic E-state index is 0.0741.